The predicted octanol–water partition coefficient (Wildman–Crippen LogP) is 6.96. The van der Waals surface area contributed by atoms with Crippen LogP contribution in [0.15, 0.2) is 83.6 Å². The topological polar surface area (TPSA) is 128 Å². The zero-order valence-electron chi connectivity index (χ0n) is 22.7. The van der Waals surface area contributed by atoms with E-state index in [9.17, 15) is 14.7 Å². The van der Waals surface area contributed by atoms with Crippen LogP contribution in [0.4, 0.5) is 5.69 Å². The quantitative estimate of drug-likeness (QED) is 0.100. The van der Waals surface area contributed by atoms with Gasteiger partial charge >= 0.3 is 0 Å². The Morgan fingerprint density at radius 3 is 2.35 bits per heavy atom. The highest BCUT2D eigenvalue weighted by Crippen LogP contribution is 2.29. The van der Waals surface area contributed by atoms with Gasteiger partial charge in [0, 0.05) is 22.1 Å². The van der Waals surface area contributed by atoms with Crippen molar-refractivity contribution in [1.29, 1.82) is 0 Å². The maximum Gasteiger partial charge on any atom is 0.272 e. The Labute approximate surface area is 233 Å². The molecule has 0 radical (unpaired) electrons. The van der Waals surface area contributed by atoms with E-state index in [1.807, 2.05) is 19.1 Å². The van der Waals surface area contributed by atoms with Crippen LogP contribution >= 0.6 is 0 Å². The Hall–Kier alpha value is -4.75. The van der Waals surface area contributed by atoms with Crippen LogP contribution in [0.5, 0.6) is 5.75 Å². The molecular formula is C31H33N5O4. The van der Waals surface area contributed by atoms with Gasteiger partial charge in [-0.1, -0.05) is 84.5 Å². The highest BCUT2D eigenvalue weighted by Gasteiger charge is 2.31. The second-order valence-electron chi connectivity index (χ2n) is 9.82. The molecule has 0 spiro atoms. The molecule has 40 heavy (non-hydrogen) atoms. The molecule has 3 aromatic rings. The van der Waals surface area contributed by atoms with Crippen molar-refractivity contribution >= 4 is 23.3 Å². The number of azide groups is 1. The largest absolute Gasteiger partial charge is 0.505 e. The first kappa shape index (κ1) is 28.3. The van der Waals surface area contributed by atoms with E-state index in [1.165, 1.54) is 17.0 Å². The summed E-state index contributed by atoms with van der Waals surface area (Å²) in [4.78, 5) is 32.2. The molecule has 0 heterocycles. The Kier molecular flexibility index (Phi) is 9.44. The molecule has 1 aliphatic rings. The summed E-state index contributed by atoms with van der Waals surface area (Å²) in [7, 11) is 1.56. The van der Waals surface area contributed by atoms with E-state index >= 15 is 0 Å². The van der Waals surface area contributed by atoms with Gasteiger partial charge in [-0.3, -0.25) is 14.5 Å². The normalized spacial score (nSPS) is 13.9. The van der Waals surface area contributed by atoms with Gasteiger partial charge in [0.05, 0.1) is 19.3 Å². The van der Waals surface area contributed by atoms with Crippen LogP contribution in [-0.2, 0) is 11.3 Å². The van der Waals surface area contributed by atoms with Crippen LogP contribution in [0.2, 0.25) is 0 Å². The van der Waals surface area contributed by atoms with Crippen molar-refractivity contribution in [3.8, 4) is 5.75 Å². The average molecular weight is 540 g/mol. The summed E-state index contributed by atoms with van der Waals surface area (Å²) in [6.45, 7) is 1.89. The van der Waals surface area contributed by atoms with Crippen LogP contribution in [-0.4, -0.2) is 35.0 Å². The zero-order valence-corrected chi connectivity index (χ0v) is 22.7. The number of rotatable bonds is 9. The maximum absolute atomic E-state index is 14.2. The predicted molar refractivity (Wildman–Crippen MR) is 154 cm³/mol. The average Bonchev–Trinajstić information content (AvgIpc) is 2.98. The summed E-state index contributed by atoms with van der Waals surface area (Å²) >= 11 is 0. The van der Waals surface area contributed by atoms with Crippen LogP contribution < -0.4 is 10.1 Å². The number of carbonyl (C=O) groups excluding carboxylic acids is 2. The third kappa shape index (κ3) is 6.81. The van der Waals surface area contributed by atoms with E-state index in [1.54, 1.807) is 55.6 Å². The minimum absolute atomic E-state index is 0.0310. The lowest BCUT2D eigenvalue weighted by atomic mass is 9.95. The van der Waals surface area contributed by atoms with Crippen LogP contribution in [0, 0.1) is 6.92 Å². The highest BCUT2D eigenvalue weighted by atomic mass is 16.5. The number of nitrogens with one attached hydrogen (secondary N) is 1. The van der Waals surface area contributed by atoms with E-state index in [0.29, 0.717) is 16.9 Å². The molecule has 0 aliphatic heterocycles. The number of nitrogens with zero attached hydrogens (tertiary/aromatic N) is 4. The molecule has 1 fully saturated rings. The lowest BCUT2D eigenvalue weighted by molar-refractivity contribution is -0.119. The summed E-state index contributed by atoms with van der Waals surface area (Å²) in [5, 5.41) is 18.3. The number of amides is 2. The lowest BCUT2D eigenvalue weighted by Gasteiger charge is -2.29. The number of hydrogen-bond acceptors (Lipinski definition) is 5. The van der Waals surface area contributed by atoms with Crippen LogP contribution in [0.25, 0.3) is 16.2 Å². The second-order valence-corrected chi connectivity index (χ2v) is 9.82. The zero-order chi connectivity index (χ0) is 28.5. The van der Waals surface area contributed by atoms with E-state index in [0.717, 1.165) is 37.7 Å². The number of methoxy groups -OCH3 is 1. The van der Waals surface area contributed by atoms with Crippen molar-refractivity contribution in [2.24, 2.45) is 5.11 Å². The lowest BCUT2D eigenvalue weighted by Crippen LogP contribution is -2.43. The number of hydrogen-bond donors (Lipinski definition) is 2. The molecule has 0 bridgehead atoms. The summed E-state index contributed by atoms with van der Waals surface area (Å²) in [5.41, 5.74) is 11.2. The van der Waals surface area contributed by atoms with Gasteiger partial charge in [-0.15, -0.1) is 0 Å². The second kappa shape index (κ2) is 13.4. The molecule has 9 heteroatoms. The Morgan fingerprint density at radius 2 is 1.70 bits per heavy atom. The summed E-state index contributed by atoms with van der Waals surface area (Å²) < 4.78 is 5.27. The Bertz CT molecular complexity index is 1420. The first-order chi connectivity index (χ1) is 19.4. The number of ether oxygens (including phenoxy) is 1. The van der Waals surface area contributed by atoms with Crippen molar-refractivity contribution in [2.45, 2.75) is 51.6 Å². The number of carbonyl (C=O) groups is 2. The van der Waals surface area contributed by atoms with Gasteiger partial charge in [0.2, 0.25) is 0 Å². The first-order valence-corrected chi connectivity index (χ1v) is 13.3. The van der Waals surface area contributed by atoms with E-state index in [2.05, 4.69) is 15.3 Å². The van der Waals surface area contributed by atoms with Crippen molar-refractivity contribution < 1.29 is 19.4 Å². The molecule has 206 valence electrons. The third-order valence-corrected chi connectivity index (χ3v) is 7.01. The minimum atomic E-state index is -0.591. The van der Waals surface area contributed by atoms with Gasteiger partial charge in [0.1, 0.15) is 5.75 Å². The standard InChI is InChI=1S/C31H33N5O4/c1-21-12-16-23(17-13-21)29(37)28(30(38)33-24-8-4-3-5-9-24)36(20-22-14-18-25(40-2)19-15-22)31(39)26-10-6-7-11-27(26)34-35-32/h6-7,10-19,24,37H,3-5,8-9,20H2,1-2H3,(H,33,38)/b29-28+. The van der Waals surface area contributed by atoms with Crippen molar-refractivity contribution in [3.05, 3.63) is 111 Å². The number of benzene rings is 3. The fourth-order valence-corrected chi connectivity index (χ4v) is 4.81. The number of aliphatic hydroxyl groups excluding tert-OH is 1. The fourth-order valence-electron chi connectivity index (χ4n) is 4.81. The molecule has 2 N–H and O–H groups in total. The monoisotopic (exact) mass is 539 g/mol. The van der Waals surface area contributed by atoms with Gasteiger partial charge in [0.15, 0.2) is 11.5 Å². The van der Waals surface area contributed by atoms with Crippen molar-refractivity contribution in [1.82, 2.24) is 10.2 Å². The van der Waals surface area contributed by atoms with Gasteiger partial charge < -0.3 is 15.2 Å². The Morgan fingerprint density at radius 1 is 1.02 bits per heavy atom. The summed E-state index contributed by atoms with van der Waals surface area (Å²) in [5.74, 6) is -0.820. The molecule has 4 rings (SSSR count). The van der Waals surface area contributed by atoms with E-state index in [4.69, 9.17) is 10.3 Å². The van der Waals surface area contributed by atoms with Crippen molar-refractivity contribution in [3.63, 3.8) is 0 Å². The van der Waals surface area contributed by atoms with Gasteiger partial charge in [-0.2, -0.15) is 0 Å². The third-order valence-electron chi connectivity index (χ3n) is 7.01. The number of aliphatic hydroxyl groups is 1. The molecule has 3 aromatic carbocycles. The molecule has 0 atom stereocenters. The molecule has 9 nitrogen and oxygen atoms in total. The first-order valence-electron chi connectivity index (χ1n) is 13.3. The van der Waals surface area contributed by atoms with Crippen LogP contribution in [0.3, 0.4) is 0 Å². The molecule has 0 aromatic heterocycles. The van der Waals surface area contributed by atoms with Gasteiger partial charge in [0.25, 0.3) is 11.8 Å². The highest BCUT2D eigenvalue weighted by molar-refractivity contribution is 6.08. The molecular weight excluding hydrogens is 506 g/mol. The summed E-state index contributed by atoms with van der Waals surface area (Å²) in [6, 6.07) is 20.5. The number of aryl methyl sites for hydroxylation is 1. The Balaban J connectivity index is 1.86. The van der Waals surface area contributed by atoms with Crippen molar-refractivity contribution in [2.75, 3.05) is 7.11 Å². The smallest absolute Gasteiger partial charge is 0.272 e. The fraction of sp³-hybridized carbons (Fsp3) is 0.290. The maximum atomic E-state index is 14.2. The molecule has 0 unspecified atom stereocenters. The van der Waals surface area contributed by atoms with E-state index < -0.39 is 11.8 Å². The molecule has 0 saturated heterocycles. The molecule has 2 amide bonds. The van der Waals surface area contributed by atoms with Gasteiger partial charge in [-0.25, -0.2) is 0 Å². The van der Waals surface area contributed by atoms with E-state index in [-0.39, 0.29) is 35.3 Å². The SMILES string of the molecule is COc1ccc(CN(C(=O)c2ccccc2N=[N+]=[N-])/C(C(=O)NC2CCCCC2)=C(/O)c2ccc(C)cc2)cc1. The molecule has 1 saturated carbocycles. The van der Waals surface area contributed by atoms with Crippen LogP contribution in [0.1, 0.15) is 59.2 Å². The summed E-state index contributed by atoms with van der Waals surface area (Å²) in [6.07, 6.45) is 4.78. The molecule has 1 aliphatic carbocycles. The van der Waals surface area contributed by atoms with Gasteiger partial charge in [-0.05, 0) is 49.1 Å². The minimum Gasteiger partial charge on any atom is -0.505 e.